The number of benzene rings is 1. The average molecular weight is 568 g/mol. The molecule has 1 saturated carbocycles. The fourth-order valence-electron chi connectivity index (χ4n) is 4.62. The van der Waals surface area contributed by atoms with Crippen LogP contribution in [0.3, 0.4) is 0 Å². The van der Waals surface area contributed by atoms with Crippen molar-refractivity contribution in [3.8, 4) is 28.7 Å². The Labute approximate surface area is 230 Å². The summed E-state index contributed by atoms with van der Waals surface area (Å²) in [4.78, 5) is 34.7. The topological polar surface area (TPSA) is 101 Å². The van der Waals surface area contributed by atoms with E-state index in [4.69, 9.17) is 21.3 Å². The van der Waals surface area contributed by atoms with Gasteiger partial charge in [0.05, 0.1) is 19.3 Å². The van der Waals surface area contributed by atoms with Crippen molar-refractivity contribution in [2.75, 3.05) is 7.11 Å². The third kappa shape index (κ3) is 4.57. The smallest absolute Gasteiger partial charge is 0.436 e. The van der Waals surface area contributed by atoms with Crippen molar-refractivity contribution in [2.45, 2.75) is 31.5 Å². The lowest BCUT2D eigenvalue weighted by atomic mass is 10.1. The zero-order valence-corrected chi connectivity index (χ0v) is 22.0. The summed E-state index contributed by atoms with van der Waals surface area (Å²) in [5, 5.41) is 0.167. The molecule has 0 bridgehead atoms. The number of pyridine rings is 1. The number of halogens is 4. The van der Waals surface area contributed by atoms with E-state index < -0.39 is 17.0 Å². The first kappa shape index (κ1) is 25.9. The molecule has 1 aliphatic rings. The van der Waals surface area contributed by atoms with E-state index in [9.17, 15) is 18.0 Å². The molecule has 1 aromatic carbocycles. The molecule has 0 saturated heterocycles. The molecular weight excluding hydrogens is 547 g/mol. The second-order valence-electron chi connectivity index (χ2n) is 9.48. The minimum absolute atomic E-state index is 0.0779. The Bertz CT molecular complexity index is 1810. The molecule has 4 heterocycles. The van der Waals surface area contributed by atoms with Crippen molar-refractivity contribution in [2.24, 2.45) is 7.05 Å². The number of rotatable bonds is 6. The predicted molar refractivity (Wildman–Crippen MR) is 141 cm³/mol. The molecule has 0 spiro atoms. The molecule has 13 heteroatoms. The first-order chi connectivity index (χ1) is 19.2. The van der Waals surface area contributed by atoms with Gasteiger partial charge in [-0.1, -0.05) is 35.9 Å². The number of hydrogen-bond donors (Lipinski definition) is 0. The summed E-state index contributed by atoms with van der Waals surface area (Å²) >= 11 is 5.88. The predicted octanol–water partition coefficient (Wildman–Crippen LogP) is 5.26. The SMILES string of the molecule is COc1ncnc(C2CC2)c1-c1ncc2ccc(=O)n(Cc3ccc(-c4nc(C(F)(F)F)c(Cl)n4C)cc3)c2n1. The maximum absolute atomic E-state index is 13.3. The van der Waals surface area contributed by atoms with E-state index in [0.717, 1.165) is 24.1 Å². The Morgan fingerprint density at radius 1 is 1.05 bits per heavy atom. The van der Waals surface area contributed by atoms with E-state index >= 15 is 0 Å². The zero-order valence-electron chi connectivity index (χ0n) is 21.3. The highest BCUT2D eigenvalue weighted by atomic mass is 35.5. The lowest BCUT2D eigenvalue weighted by molar-refractivity contribution is -0.140. The van der Waals surface area contributed by atoms with E-state index in [1.54, 1.807) is 36.5 Å². The average Bonchev–Trinajstić information content (AvgIpc) is 3.74. The minimum atomic E-state index is -4.67. The fraction of sp³-hybridized carbons (Fsp3) is 0.259. The van der Waals surface area contributed by atoms with Crippen molar-refractivity contribution in [3.05, 3.63) is 81.4 Å². The minimum Gasteiger partial charge on any atom is -0.480 e. The zero-order chi connectivity index (χ0) is 28.2. The summed E-state index contributed by atoms with van der Waals surface area (Å²) in [5.74, 6) is 1.07. The summed E-state index contributed by atoms with van der Waals surface area (Å²) < 4.78 is 48.0. The standard InChI is InChI=1S/C27H21ClF3N7O2/c1-37-22(28)21(27(29,30)31)35-24(37)16-5-3-14(4-6-16)12-38-18(39)10-9-17-11-32-23(36-25(17)38)19-20(15-7-8-15)33-13-34-26(19)40-2/h3-6,9-11,13,15H,7-8,12H2,1-2H3. The van der Waals surface area contributed by atoms with Crippen LogP contribution in [0, 0.1) is 0 Å². The summed E-state index contributed by atoms with van der Waals surface area (Å²) in [5.41, 5.74) is 1.60. The molecule has 6 rings (SSSR count). The van der Waals surface area contributed by atoms with Crippen LogP contribution in [-0.4, -0.2) is 41.2 Å². The van der Waals surface area contributed by atoms with Gasteiger partial charge in [0.25, 0.3) is 5.56 Å². The Hall–Kier alpha value is -4.32. The lowest BCUT2D eigenvalue weighted by Gasteiger charge is -2.13. The molecule has 9 nitrogen and oxygen atoms in total. The third-order valence-electron chi connectivity index (χ3n) is 6.79. The summed E-state index contributed by atoms with van der Waals surface area (Å²) in [7, 11) is 2.94. The van der Waals surface area contributed by atoms with Crippen LogP contribution in [0.5, 0.6) is 5.88 Å². The van der Waals surface area contributed by atoms with Crippen LogP contribution in [0.15, 0.2) is 53.7 Å². The van der Waals surface area contributed by atoms with Gasteiger partial charge >= 0.3 is 6.18 Å². The molecule has 0 N–H and O–H groups in total. The van der Waals surface area contributed by atoms with Gasteiger partial charge in [-0.2, -0.15) is 13.2 Å². The summed E-state index contributed by atoms with van der Waals surface area (Å²) in [6.07, 6.45) is 0.438. The van der Waals surface area contributed by atoms with Crippen LogP contribution in [0.1, 0.15) is 35.7 Å². The van der Waals surface area contributed by atoms with Crippen LogP contribution >= 0.6 is 11.6 Å². The van der Waals surface area contributed by atoms with Crippen LogP contribution in [0.25, 0.3) is 33.8 Å². The van der Waals surface area contributed by atoms with Gasteiger partial charge in [-0.3, -0.25) is 9.36 Å². The van der Waals surface area contributed by atoms with Gasteiger partial charge in [-0.25, -0.2) is 24.9 Å². The van der Waals surface area contributed by atoms with E-state index in [1.807, 2.05) is 0 Å². The first-order valence-electron chi connectivity index (χ1n) is 12.3. The van der Waals surface area contributed by atoms with Crippen LogP contribution in [-0.2, 0) is 19.8 Å². The number of methoxy groups -OCH3 is 1. The third-order valence-corrected chi connectivity index (χ3v) is 7.23. The quantitative estimate of drug-likeness (QED) is 0.276. The number of fused-ring (bicyclic) bond motifs is 1. The molecule has 1 aliphatic carbocycles. The number of imidazole rings is 1. The Balaban J connectivity index is 1.38. The van der Waals surface area contributed by atoms with E-state index in [1.165, 1.54) is 35.7 Å². The maximum atomic E-state index is 13.3. The van der Waals surface area contributed by atoms with E-state index in [-0.39, 0.29) is 23.8 Å². The number of nitrogens with zero attached hydrogens (tertiary/aromatic N) is 7. The number of alkyl halides is 3. The maximum Gasteiger partial charge on any atom is 0.436 e. The molecule has 0 atom stereocenters. The van der Waals surface area contributed by atoms with Gasteiger partial charge in [0.1, 0.15) is 28.5 Å². The van der Waals surface area contributed by atoms with Gasteiger partial charge in [0.15, 0.2) is 11.5 Å². The second kappa shape index (κ2) is 9.70. The normalized spacial score (nSPS) is 13.7. The highest BCUT2D eigenvalue weighted by Gasteiger charge is 2.38. The van der Waals surface area contributed by atoms with Crippen LogP contribution in [0.4, 0.5) is 13.2 Å². The molecule has 0 aliphatic heterocycles. The molecule has 4 aromatic heterocycles. The summed E-state index contributed by atoms with van der Waals surface area (Å²) in [6.45, 7) is 0.167. The van der Waals surface area contributed by atoms with Crippen molar-refractivity contribution < 1.29 is 17.9 Å². The van der Waals surface area contributed by atoms with Crippen molar-refractivity contribution in [3.63, 3.8) is 0 Å². The van der Waals surface area contributed by atoms with E-state index in [2.05, 4.69) is 19.9 Å². The first-order valence-corrected chi connectivity index (χ1v) is 12.7. The fourth-order valence-corrected chi connectivity index (χ4v) is 4.85. The van der Waals surface area contributed by atoms with Crippen molar-refractivity contribution in [1.29, 1.82) is 0 Å². The van der Waals surface area contributed by atoms with E-state index in [0.29, 0.717) is 33.9 Å². The molecule has 204 valence electrons. The highest BCUT2D eigenvalue weighted by molar-refractivity contribution is 6.30. The number of hydrogen-bond acceptors (Lipinski definition) is 7. The molecular formula is C27H21ClF3N7O2. The molecule has 40 heavy (non-hydrogen) atoms. The molecule has 0 unspecified atom stereocenters. The molecule has 0 radical (unpaired) electrons. The van der Waals surface area contributed by atoms with Gasteiger partial charge in [-0.05, 0) is 24.5 Å². The molecule has 0 amide bonds. The van der Waals surface area contributed by atoms with Gasteiger partial charge in [-0.15, -0.1) is 0 Å². The van der Waals surface area contributed by atoms with Crippen LogP contribution in [0.2, 0.25) is 5.15 Å². The van der Waals surface area contributed by atoms with Crippen LogP contribution < -0.4 is 10.3 Å². The van der Waals surface area contributed by atoms with Crippen molar-refractivity contribution >= 4 is 22.6 Å². The van der Waals surface area contributed by atoms with Gasteiger partial charge in [0, 0.05) is 36.2 Å². The van der Waals surface area contributed by atoms with Gasteiger partial charge in [0.2, 0.25) is 5.88 Å². The number of aromatic nitrogens is 7. The molecule has 1 fully saturated rings. The second-order valence-corrected chi connectivity index (χ2v) is 9.83. The monoisotopic (exact) mass is 567 g/mol. The molecule has 5 aromatic rings. The summed E-state index contributed by atoms with van der Waals surface area (Å²) in [6, 6.07) is 9.81. The van der Waals surface area contributed by atoms with Crippen molar-refractivity contribution in [1.82, 2.24) is 34.1 Å². The van der Waals surface area contributed by atoms with Gasteiger partial charge < -0.3 is 9.30 Å². The Morgan fingerprint density at radius 2 is 1.80 bits per heavy atom. The largest absolute Gasteiger partial charge is 0.480 e. The highest BCUT2D eigenvalue weighted by Crippen LogP contribution is 2.45. The Morgan fingerprint density at radius 3 is 2.45 bits per heavy atom. The number of ether oxygens (including phenoxy) is 1. The lowest BCUT2D eigenvalue weighted by Crippen LogP contribution is -2.21. The Kier molecular flexibility index (Phi) is 6.29.